The zero-order valence-corrected chi connectivity index (χ0v) is 20.0. The maximum atomic E-state index is 12.8. The summed E-state index contributed by atoms with van der Waals surface area (Å²) in [7, 11) is 0. The van der Waals surface area contributed by atoms with Crippen molar-refractivity contribution in [3.8, 4) is 5.75 Å². The van der Waals surface area contributed by atoms with Crippen LogP contribution in [0.4, 0.5) is 0 Å². The summed E-state index contributed by atoms with van der Waals surface area (Å²) in [5.74, 6) is -0.0332. The topological polar surface area (TPSA) is 85.9 Å². The van der Waals surface area contributed by atoms with Crippen LogP contribution in [0.5, 0.6) is 5.75 Å². The van der Waals surface area contributed by atoms with E-state index in [0.29, 0.717) is 23.5 Å². The number of benzene rings is 2. The monoisotopic (exact) mass is 478 g/mol. The third-order valence-corrected chi connectivity index (χ3v) is 6.62. The van der Waals surface area contributed by atoms with E-state index in [2.05, 4.69) is 10.9 Å². The number of amides is 2. The van der Waals surface area contributed by atoms with Crippen molar-refractivity contribution in [1.82, 2.24) is 10.9 Å². The number of hydrogen-bond acceptors (Lipinski definition) is 6. The molecule has 4 rings (SSSR count). The van der Waals surface area contributed by atoms with Crippen molar-refractivity contribution in [1.29, 1.82) is 0 Å². The third-order valence-electron chi connectivity index (χ3n) is 5.36. The van der Waals surface area contributed by atoms with E-state index < -0.39 is 18.1 Å². The van der Waals surface area contributed by atoms with Gasteiger partial charge in [-0.3, -0.25) is 20.4 Å². The van der Waals surface area contributed by atoms with Gasteiger partial charge in [-0.25, -0.2) is 0 Å². The predicted octanol–water partition coefficient (Wildman–Crippen LogP) is 5.10. The lowest BCUT2D eigenvalue weighted by Crippen LogP contribution is -2.41. The molecule has 1 aliphatic heterocycles. The molecule has 8 heteroatoms. The summed E-state index contributed by atoms with van der Waals surface area (Å²) in [6, 6.07) is 15.2. The zero-order chi connectivity index (χ0) is 24.1. The van der Waals surface area contributed by atoms with Crippen LogP contribution in [0, 0.1) is 13.8 Å². The lowest BCUT2D eigenvalue weighted by molar-refractivity contribution is -0.0220. The van der Waals surface area contributed by atoms with Crippen LogP contribution in [0.15, 0.2) is 61.1 Å². The summed E-state index contributed by atoms with van der Waals surface area (Å²) < 4.78 is 16.8. The van der Waals surface area contributed by atoms with E-state index in [9.17, 15) is 9.59 Å². The quantitative estimate of drug-likeness (QED) is 0.462. The highest BCUT2D eigenvalue weighted by atomic mass is 32.1. The number of carbonyl (C=O) groups excluding carboxylic acids is 2. The molecule has 1 aliphatic rings. The Bertz CT molecular complexity index is 1210. The summed E-state index contributed by atoms with van der Waals surface area (Å²) in [5, 5.41) is 0. The molecule has 2 N–H and O–H groups in total. The fourth-order valence-electron chi connectivity index (χ4n) is 3.63. The first-order chi connectivity index (χ1) is 16.5. The van der Waals surface area contributed by atoms with Gasteiger partial charge < -0.3 is 14.2 Å². The summed E-state index contributed by atoms with van der Waals surface area (Å²) in [6.07, 6.45) is 3.10. The van der Waals surface area contributed by atoms with E-state index in [-0.39, 0.29) is 0 Å². The Balaban J connectivity index is 1.40. The molecule has 0 spiro atoms. The number of ether oxygens (including phenoxy) is 3. The highest BCUT2D eigenvalue weighted by molar-refractivity contribution is 7.14. The van der Waals surface area contributed by atoms with Gasteiger partial charge in [-0.2, -0.15) is 0 Å². The molecule has 2 heterocycles. The standard InChI is InChI=1S/C26H26N2O5S/c1-4-19-14-20(12-16(2)22(19)33-15-18-8-6-5-7-9-18)24(29)27-28-25(30)21-13-17(3)23(34-21)26-31-10-11-32-26/h5-14,26H,4,15H2,1-3H3,(H,27,29)(H,28,30). The average Bonchev–Trinajstić information content (AvgIpc) is 3.51. The molecule has 0 fully saturated rings. The van der Waals surface area contributed by atoms with Gasteiger partial charge in [-0.05, 0) is 60.7 Å². The molecule has 7 nitrogen and oxygen atoms in total. The highest BCUT2D eigenvalue weighted by Crippen LogP contribution is 2.33. The minimum atomic E-state index is -0.542. The molecule has 1 aromatic heterocycles. The fourth-order valence-corrected chi connectivity index (χ4v) is 4.67. The van der Waals surface area contributed by atoms with Crippen LogP contribution >= 0.6 is 11.3 Å². The Morgan fingerprint density at radius 3 is 2.38 bits per heavy atom. The minimum Gasteiger partial charge on any atom is -0.488 e. The Labute approximate surface area is 202 Å². The molecule has 0 atom stereocenters. The van der Waals surface area contributed by atoms with Crippen LogP contribution in [0.3, 0.4) is 0 Å². The van der Waals surface area contributed by atoms with Crippen LogP contribution in [-0.2, 0) is 22.5 Å². The molecule has 0 saturated heterocycles. The summed E-state index contributed by atoms with van der Waals surface area (Å²) in [6.45, 7) is 6.25. The first-order valence-electron chi connectivity index (χ1n) is 10.9. The number of nitrogens with one attached hydrogen (secondary N) is 2. The Morgan fingerprint density at radius 1 is 0.971 bits per heavy atom. The predicted molar refractivity (Wildman–Crippen MR) is 129 cm³/mol. The van der Waals surface area contributed by atoms with Gasteiger partial charge in [-0.15, -0.1) is 11.3 Å². The Hall–Kier alpha value is -3.78. The normalized spacial score (nSPS) is 12.7. The Morgan fingerprint density at radius 2 is 1.68 bits per heavy atom. The molecular formula is C26H26N2O5S. The largest absolute Gasteiger partial charge is 0.488 e. The van der Waals surface area contributed by atoms with Crippen molar-refractivity contribution in [2.75, 3.05) is 0 Å². The Kier molecular flexibility index (Phi) is 7.18. The highest BCUT2D eigenvalue weighted by Gasteiger charge is 2.23. The van der Waals surface area contributed by atoms with Crippen LogP contribution in [0.2, 0.25) is 0 Å². The molecule has 34 heavy (non-hydrogen) atoms. The van der Waals surface area contributed by atoms with E-state index in [1.165, 1.54) is 23.9 Å². The second-order valence-corrected chi connectivity index (χ2v) is 8.94. The first kappa shape index (κ1) is 23.4. The van der Waals surface area contributed by atoms with Gasteiger partial charge in [0.1, 0.15) is 24.9 Å². The van der Waals surface area contributed by atoms with E-state index in [0.717, 1.165) is 32.9 Å². The van der Waals surface area contributed by atoms with Crippen molar-refractivity contribution in [3.05, 3.63) is 98.6 Å². The van der Waals surface area contributed by atoms with E-state index in [1.54, 1.807) is 18.2 Å². The number of thiophene rings is 1. The zero-order valence-electron chi connectivity index (χ0n) is 19.2. The molecular weight excluding hydrogens is 452 g/mol. The number of rotatable bonds is 7. The summed E-state index contributed by atoms with van der Waals surface area (Å²) >= 11 is 1.26. The van der Waals surface area contributed by atoms with Crippen LogP contribution in [0.25, 0.3) is 0 Å². The third kappa shape index (κ3) is 5.23. The lowest BCUT2D eigenvalue weighted by atomic mass is 10.0. The smallest absolute Gasteiger partial charge is 0.279 e. The van der Waals surface area contributed by atoms with Crippen molar-refractivity contribution in [2.45, 2.75) is 40.1 Å². The van der Waals surface area contributed by atoms with E-state index in [4.69, 9.17) is 14.2 Å². The summed E-state index contributed by atoms with van der Waals surface area (Å²) in [5.41, 5.74) is 9.18. The SMILES string of the molecule is CCc1cc(C(=O)NNC(=O)c2cc(C)c(C3OC=CO3)s2)cc(C)c1OCc1ccccc1. The van der Waals surface area contributed by atoms with Crippen molar-refractivity contribution < 1.29 is 23.8 Å². The molecule has 2 aromatic carbocycles. The molecule has 2 amide bonds. The van der Waals surface area contributed by atoms with Gasteiger partial charge >= 0.3 is 0 Å². The number of hydrogen-bond donors (Lipinski definition) is 2. The van der Waals surface area contributed by atoms with Gasteiger partial charge in [-0.1, -0.05) is 37.3 Å². The maximum Gasteiger partial charge on any atom is 0.279 e. The van der Waals surface area contributed by atoms with Gasteiger partial charge in [0, 0.05) is 5.56 Å². The molecule has 0 radical (unpaired) electrons. The molecule has 176 valence electrons. The molecule has 0 unspecified atom stereocenters. The van der Waals surface area contributed by atoms with Crippen molar-refractivity contribution in [2.24, 2.45) is 0 Å². The second-order valence-electron chi connectivity index (χ2n) is 7.85. The summed E-state index contributed by atoms with van der Waals surface area (Å²) in [4.78, 5) is 26.6. The minimum absolute atomic E-state index is 0.402. The van der Waals surface area contributed by atoms with E-state index >= 15 is 0 Å². The average molecular weight is 479 g/mol. The van der Waals surface area contributed by atoms with Gasteiger partial charge in [0.05, 0.1) is 9.75 Å². The van der Waals surface area contributed by atoms with Crippen molar-refractivity contribution in [3.63, 3.8) is 0 Å². The van der Waals surface area contributed by atoms with E-state index in [1.807, 2.05) is 51.1 Å². The van der Waals surface area contributed by atoms with Crippen LogP contribution in [0.1, 0.15) is 60.4 Å². The number of carbonyl (C=O) groups is 2. The first-order valence-corrected chi connectivity index (χ1v) is 11.7. The van der Waals surface area contributed by atoms with Gasteiger partial charge in [0.25, 0.3) is 18.1 Å². The van der Waals surface area contributed by atoms with Gasteiger partial charge in [0.15, 0.2) is 0 Å². The second kappa shape index (κ2) is 10.4. The molecule has 0 aliphatic carbocycles. The van der Waals surface area contributed by atoms with Gasteiger partial charge in [0.2, 0.25) is 0 Å². The molecule has 0 saturated carbocycles. The maximum absolute atomic E-state index is 12.8. The molecule has 3 aromatic rings. The van der Waals surface area contributed by atoms with Crippen molar-refractivity contribution >= 4 is 23.2 Å². The van der Waals surface area contributed by atoms with Crippen LogP contribution in [-0.4, -0.2) is 11.8 Å². The number of aryl methyl sites for hydroxylation is 3. The lowest BCUT2D eigenvalue weighted by Gasteiger charge is -2.16. The molecule has 0 bridgehead atoms. The number of hydrazine groups is 1. The fraction of sp³-hybridized carbons (Fsp3) is 0.231. The van der Waals surface area contributed by atoms with Crippen LogP contribution < -0.4 is 15.6 Å².